The van der Waals surface area contributed by atoms with Crippen molar-refractivity contribution in [3.63, 3.8) is 0 Å². The van der Waals surface area contributed by atoms with Gasteiger partial charge in [0.2, 0.25) is 0 Å². The highest BCUT2D eigenvalue weighted by Crippen LogP contribution is 2.31. The van der Waals surface area contributed by atoms with Gasteiger partial charge in [-0.25, -0.2) is 4.98 Å². The molecule has 1 aliphatic carbocycles. The van der Waals surface area contributed by atoms with E-state index in [1.807, 2.05) is 0 Å². The first kappa shape index (κ1) is 17.8. The van der Waals surface area contributed by atoms with Crippen molar-refractivity contribution in [1.82, 2.24) is 4.98 Å². The maximum Gasteiger partial charge on any atom is 0.311 e. The third-order valence-electron chi connectivity index (χ3n) is 3.72. The van der Waals surface area contributed by atoms with Crippen LogP contribution in [0.3, 0.4) is 0 Å². The van der Waals surface area contributed by atoms with E-state index in [1.54, 1.807) is 5.38 Å². The first-order valence-electron chi connectivity index (χ1n) is 7.84. The topological polar surface area (TPSA) is 123 Å². The summed E-state index contributed by atoms with van der Waals surface area (Å²) in [7, 11) is 1.28. The van der Waals surface area contributed by atoms with Crippen molar-refractivity contribution >= 4 is 39.7 Å². The molecule has 0 saturated heterocycles. The molecule has 1 aromatic carbocycles. The van der Waals surface area contributed by atoms with E-state index < -0.39 is 16.8 Å². The van der Waals surface area contributed by atoms with E-state index in [0.29, 0.717) is 16.5 Å². The number of ether oxygens (including phenoxy) is 1. The summed E-state index contributed by atoms with van der Waals surface area (Å²) in [6.45, 7) is 0. The number of anilines is 2. The molecule has 1 aromatic heterocycles. The van der Waals surface area contributed by atoms with Crippen LogP contribution in [0.2, 0.25) is 0 Å². The zero-order chi connectivity index (χ0) is 18.7. The Morgan fingerprint density at radius 3 is 2.85 bits per heavy atom. The van der Waals surface area contributed by atoms with Crippen molar-refractivity contribution in [3.05, 3.63) is 45.0 Å². The number of nitrogens with zero attached hydrogens (tertiary/aromatic N) is 2. The second-order valence-corrected chi connectivity index (χ2v) is 6.62. The number of amides is 1. The fourth-order valence-corrected chi connectivity index (χ4v) is 2.93. The monoisotopic (exact) mass is 376 g/mol. The number of hydrogen-bond donors (Lipinski definition) is 2. The number of nitrogens with one attached hydrogen (secondary N) is 2. The zero-order valence-corrected chi connectivity index (χ0v) is 14.7. The molecule has 1 fully saturated rings. The van der Waals surface area contributed by atoms with Gasteiger partial charge in [0.05, 0.1) is 24.1 Å². The predicted molar refractivity (Wildman–Crippen MR) is 95.5 cm³/mol. The van der Waals surface area contributed by atoms with Crippen LogP contribution in [0.15, 0.2) is 23.6 Å². The number of hydrogen-bond acceptors (Lipinski definition) is 8. The lowest BCUT2D eigenvalue weighted by molar-refractivity contribution is -0.384. The Morgan fingerprint density at radius 1 is 1.42 bits per heavy atom. The van der Waals surface area contributed by atoms with Crippen LogP contribution in [0.5, 0.6) is 0 Å². The molecular formula is C16H16N4O5S. The van der Waals surface area contributed by atoms with Crippen molar-refractivity contribution in [3.8, 4) is 0 Å². The number of benzene rings is 1. The molecule has 2 aromatic rings. The lowest BCUT2D eigenvalue weighted by Gasteiger charge is -2.07. The summed E-state index contributed by atoms with van der Waals surface area (Å²) in [4.78, 5) is 38.5. The van der Waals surface area contributed by atoms with Gasteiger partial charge in [-0.05, 0) is 25.0 Å². The minimum Gasteiger partial charge on any atom is -0.469 e. The SMILES string of the molecule is COC(=O)Cc1csc(NC(=O)c2ccc(NC3CC3)c([N+](=O)[O-])c2)n1. The number of rotatable bonds is 7. The van der Waals surface area contributed by atoms with E-state index in [4.69, 9.17) is 0 Å². The van der Waals surface area contributed by atoms with Gasteiger partial charge in [0.25, 0.3) is 11.6 Å². The third kappa shape index (κ3) is 4.33. The van der Waals surface area contributed by atoms with E-state index in [9.17, 15) is 19.7 Å². The molecular weight excluding hydrogens is 360 g/mol. The highest BCUT2D eigenvalue weighted by molar-refractivity contribution is 7.14. The van der Waals surface area contributed by atoms with E-state index >= 15 is 0 Å². The van der Waals surface area contributed by atoms with Gasteiger partial charge in [0.1, 0.15) is 5.69 Å². The smallest absolute Gasteiger partial charge is 0.311 e. The second-order valence-electron chi connectivity index (χ2n) is 5.76. The summed E-state index contributed by atoms with van der Waals surface area (Å²) in [6.07, 6.45) is 1.98. The van der Waals surface area contributed by atoms with Gasteiger partial charge in [0.15, 0.2) is 5.13 Å². The van der Waals surface area contributed by atoms with Gasteiger partial charge in [0, 0.05) is 23.1 Å². The Morgan fingerprint density at radius 2 is 2.19 bits per heavy atom. The van der Waals surface area contributed by atoms with Crippen molar-refractivity contribution in [1.29, 1.82) is 0 Å². The highest BCUT2D eigenvalue weighted by Gasteiger charge is 2.25. The molecule has 1 aliphatic rings. The van der Waals surface area contributed by atoms with Crippen molar-refractivity contribution in [2.75, 3.05) is 17.7 Å². The van der Waals surface area contributed by atoms with Crippen LogP contribution in [0.25, 0.3) is 0 Å². The van der Waals surface area contributed by atoms with Gasteiger partial charge >= 0.3 is 5.97 Å². The van der Waals surface area contributed by atoms with Crippen LogP contribution < -0.4 is 10.6 Å². The lowest BCUT2D eigenvalue weighted by atomic mass is 10.1. The van der Waals surface area contributed by atoms with Gasteiger partial charge in [-0.1, -0.05) is 0 Å². The lowest BCUT2D eigenvalue weighted by Crippen LogP contribution is -2.13. The van der Waals surface area contributed by atoms with Crippen LogP contribution in [-0.4, -0.2) is 34.9 Å². The molecule has 1 amide bonds. The molecule has 0 bridgehead atoms. The molecule has 0 spiro atoms. The minimum absolute atomic E-state index is 0.00980. The van der Waals surface area contributed by atoms with Crippen LogP contribution >= 0.6 is 11.3 Å². The van der Waals surface area contributed by atoms with Crippen molar-refractivity contribution in [2.24, 2.45) is 0 Å². The number of nitro benzene ring substituents is 1. The Balaban J connectivity index is 1.72. The number of thiazole rings is 1. The largest absolute Gasteiger partial charge is 0.469 e. The summed E-state index contributed by atoms with van der Waals surface area (Å²) < 4.78 is 4.56. The van der Waals surface area contributed by atoms with Crippen molar-refractivity contribution in [2.45, 2.75) is 25.3 Å². The first-order valence-corrected chi connectivity index (χ1v) is 8.72. The molecule has 9 nitrogen and oxygen atoms in total. The maximum absolute atomic E-state index is 12.3. The molecule has 0 radical (unpaired) electrons. The van der Waals surface area contributed by atoms with E-state index in [-0.39, 0.29) is 23.7 Å². The fourth-order valence-electron chi connectivity index (χ4n) is 2.23. The highest BCUT2D eigenvalue weighted by atomic mass is 32.1. The number of carbonyl (C=O) groups is 2. The normalized spacial score (nSPS) is 13.1. The molecule has 1 heterocycles. The second kappa shape index (κ2) is 7.48. The molecule has 136 valence electrons. The Hall–Kier alpha value is -3.01. The standard InChI is InChI=1S/C16H16N4O5S/c1-25-14(21)7-11-8-26-16(18-11)19-15(22)9-2-5-12(17-10-3-4-10)13(6-9)20(23)24/h2,5-6,8,10,17H,3-4,7H2,1H3,(H,18,19,22). The van der Waals surface area contributed by atoms with E-state index in [2.05, 4.69) is 20.4 Å². The van der Waals surface area contributed by atoms with Gasteiger partial charge in [-0.2, -0.15) is 0 Å². The molecule has 3 rings (SSSR count). The van der Waals surface area contributed by atoms with Gasteiger partial charge in [-0.3, -0.25) is 25.0 Å². The van der Waals surface area contributed by atoms with Crippen molar-refractivity contribution < 1.29 is 19.2 Å². The quantitative estimate of drug-likeness (QED) is 0.432. The molecule has 10 heteroatoms. The van der Waals surface area contributed by atoms with Crippen LogP contribution in [0.1, 0.15) is 28.9 Å². The average molecular weight is 376 g/mol. The third-order valence-corrected chi connectivity index (χ3v) is 4.53. The van der Waals surface area contributed by atoms with Crippen LogP contribution in [0, 0.1) is 10.1 Å². The molecule has 1 saturated carbocycles. The minimum atomic E-state index is -0.515. The first-order chi connectivity index (χ1) is 12.5. The van der Waals surface area contributed by atoms with Crippen LogP contribution in [-0.2, 0) is 16.0 Å². The molecule has 0 atom stereocenters. The number of esters is 1. The maximum atomic E-state index is 12.3. The number of methoxy groups -OCH3 is 1. The Labute approximate surface area is 152 Å². The predicted octanol–water partition coefficient (Wildman–Crippen LogP) is 2.59. The number of aromatic nitrogens is 1. The molecule has 26 heavy (non-hydrogen) atoms. The Bertz CT molecular complexity index is 862. The summed E-state index contributed by atoms with van der Waals surface area (Å²) in [6, 6.07) is 4.56. The number of nitro groups is 1. The molecule has 0 aliphatic heterocycles. The van der Waals surface area contributed by atoms with Gasteiger partial charge in [-0.15, -0.1) is 11.3 Å². The van der Waals surface area contributed by atoms with E-state index in [0.717, 1.165) is 24.2 Å². The average Bonchev–Trinajstić information content (AvgIpc) is 3.33. The fraction of sp³-hybridized carbons (Fsp3) is 0.312. The molecule has 2 N–H and O–H groups in total. The van der Waals surface area contributed by atoms with E-state index in [1.165, 1.54) is 25.3 Å². The summed E-state index contributed by atoms with van der Waals surface area (Å²) in [5.41, 5.74) is 0.897. The van der Waals surface area contributed by atoms with Crippen LogP contribution in [0.4, 0.5) is 16.5 Å². The zero-order valence-electron chi connectivity index (χ0n) is 13.9. The summed E-state index contributed by atoms with van der Waals surface area (Å²) in [5.74, 6) is -0.937. The number of carbonyl (C=O) groups excluding carboxylic acids is 2. The molecule has 0 unspecified atom stereocenters. The summed E-state index contributed by atoms with van der Waals surface area (Å²) >= 11 is 1.16. The Kier molecular flexibility index (Phi) is 5.12. The van der Waals surface area contributed by atoms with Gasteiger partial charge < -0.3 is 10.1 Å². The summed E-state index contributed by atoms with van der Waals surface area (Å²) in [5, 5.41) is 18.9.